The lowest BCUT2D eigenvalue weighted by atomic mass is 10.0. The van der Waals surface area contributed by atoms with Gasteiger partial charge in [0.25, 0.3) is 0 Å². The maximum atomic E-state index is 9.83. The lowest BCUT2D eigenvalue weighted by Crippen LogP contribution is -2.24. The van der Waals surface area contributed by atoms with Gasteiger partial charge in [-0.1, -0.05) is 0 Å². The summed E-state index contributed by atoms with van der Waals surface area (Å²) in [7, 11) is 3.13. The Kier molecular flexibility index (Phi) is 3.94. The van der Waals surface area contributed by atoms with E-state index in [1.807, 2.05) is 0 Å². The van der Waals surface area contributed by atoms with Crippen LogP contribution < -0.4 is 15.2 Å². The topological polar surface area (TPSA) is 64.7 Å². The number of hydrogen-bond donors (Lipinski definition) is 2. The molecule has 0 amide bonds. The Bertz CT molecular complexity index is 326. The van der Waals surface area contributed by atoms with E-state index in [4.69, 9.17) is 15.2 Å². The summed E-state index contributed by atoms with van der Waals surface area (Å²) in [6, 6.07) is 4.91. The Labute approximate surface area is 89.6 Å². The first kappa shape index (κ1) is 11.8. The van der Waals surface area contributed by atoms with Crippen molar-refractivity contribution in [1.82, 2.24) is 0 Å². The zero-order valence-corrected chi connectivity index (χ0v) is 9.23. The molecule has 1 aromatic rings. The third kappa shape index (κ3) is 2.61. The van der Waals surface area contributed by atoms with E-state index in [9.17, 15) is 5.11 Å². The van der Waals surface area contributed by atoms with E-state index in [1.165, 1.54) is 0 Å². The Hall–Kier alpha value is -1.26. The highest BCUT2D eigenvalue weighted by molar-refractivity contribution is 5.42. The van der Waals surface area contributed by atoms with Gasteiger partial charge in [-0.15, -0.1) is 0 Å². The number of benzene rings is 1. The molecule has 0 spiro atoms. The molecule has 3 N–H and O–H groups in total. The van der Waals surface area contributed by atoms with E-state index in [0.717, 1.165) is 0 Å². The van der Waals surface area contributed by atoms with Gasteiger partial charge in [0.2, 0.25) is 0 Å². The van der Waals surface area contributed by atoms with Crippen molar-refractivity contribution in [3.05, 3.63) is 23.8 Å². The van der Waals surface area contributed by atoms with Crippen molar-refractivity contribution in [3.8, 4) is 11.5 Å². The van der Waals surface area contributed by atoms with Gasteiger partial charge in [-0.2, -0.15) is 0 Å². The zero-order valence-electron chi connectivity index (χ0n) is 9.23. The SMILES string of the molecule is COc1ccc(C(O)C(C)N)c(OC)c1. The van der Waals surface area contributed by atoms with Gasteiger partial charge in [-0.3, -0.25) is 0 Å². The van der Waals surface area contributed by atoms with Gasteiger partial charge in [-0.25, -0.2) is 0 Å². The highest BCUT2D eigenvalue weighted by atomic mass is 16.5. The average Bonchev–Trinajstić information content (AvgIpc) is 2.27. The van der Waals surface area contributed by atoms with Crippen molar-refractivity contribution in [2.24, 2.45) is 5.73 Å². The summed E-state index contributed by atoms with van der Waals surface area (Å²) in [5.41, 5.74) is 6.30. The molecule has 1 rings (SSSR count). The minimum absolute atomic E-state index is 0.340. The highest BCUT2D eigenvalue weighted by Crippen LogP contribution is 2.30. The minimum Gasteiger partial charge on any atom is -0.497 e. The molecule has 0 aliphatic rings. The van der Waals surface area contributed by atoms with E-state index >= 15 is 0 Å². The molecule has 0 saturated carbocycles. The van der Waals surface area contributed by atoms with Crippen LogP contribution in [0.25, 0.3) is 0 Å². The quantitative estimate of drug-likeness (QED) is 0.782. The average molecular weight is 211 g/mol. The number of ether oxygens (including phenoxy) is 2. The third-order valence-corrected chi connectivity index (χ3v) is 2.26. The smallest absolute Gasteiger partial charge is 0.128 e. The lowest BCUT2D eigenvalue weighted by molar-refractivity contribution is 0.149. The number of hydrogen-bond acceptors (Lipinski definition) is 4. The van der Waals surface area contributed by atoms with Crippen molar-refractivity contribution in [2.75, 3.05) is 14.2 Å². The van der Waals surface area contributed by atoms with Crippen molar-refractivity contribution >= 4 is 0 Å². The van der Waals surface area contributed by atoms with Crippen LogP contribution in [0, 0.1) is 0 Å². The second-order valence-electron chi connectivity index (χ2n) is 3.41. The standard InChI is InChI=1S/C11H17NO3/c1-7(12)11(13)9-5-4-8(14-2)6-10(9)15-3/h4-7,11,13H,12H2,1-3H3. The molecule has 2 atom stereocenters. The van der Waals surface area contributed by atoms with Crippen molar-refractivity contribution in [1.29, 1.82) is 0 Å². The van der Waals surface area contributed by atoms with Crippen LogP contribution in [0.5, 0.6) is 11.5 Å². The molecule has 0 aromatic heterocycles. The first-order chi connectivity index (χ1) is 7.10. The molecule has 0 radical (unpaired) electrons. The van der Waals surface area contributed by atoms with Crippen LogP contribution in [0.15, 0.2) is 18.2 Å². The molecule has 1 aromatic carbocycles. The summed E-state index contributed by atoms with van der Waals surface area (Å²) >= 11 is 0. The molecule has 84 valence electrons. The molecular weight excluding hydrogens is 194 g/mol. The van der Waals surface area contributed by atoms with E-state index in [0.29, 0.717) is 17.1 Å². The lowest BCUT2D eigenvalue weighted by Gasteiger charge is -2.18. The maximum absolute atomic E-state index is 9.83. The third-order valence-electron chi connectivity index (χ3n) is 2.26. The number of methoxy groups -OCH3 is 2. The van der Waals surface area contributed by atoms with E-state index in [1.54, 1.807) is 39.3 Å². The number of nitrogens with two attached hydrogens (primary N) is 1. The molecule has 0 aliphatic carbocycles. The van der Waals surface area contributed by atoms with Gasteiger partial charge in [0, 0.05) is 17.7 Å². The zero-order chi connectivity index (χ0) is 11.4. The molecule has 15 heavy (non-hydrogen) atoms. The van der Waals surface area contributed by atoms with Crippen LogP contribution >= 0.6 is 0 Å². The number of aliphatic hydroxyl groups is 1. The Morgan fingerprint density at radius 2 is 1.93 bits per heavy atom. The molecule has 0 saturated heterocycles. The van der Waals surface area contributed by atoms with Crippen LogP contribution in [0.1, 0.15) is 18.6 Å². The van der Waals surface area contributed by atoms with Gasteiger partial charge in [0.15, 0.2) is 0 Å². The fourth-order valence-electron chi connectivity index (χ4n) is 1.35. The molecule has 0 fully saturated rings. The van der Waals surface area contributed by atoms with Crippen molar-refractivity contribution in [3.63, 3.8) is 0 Å². The second-order valence-corrected chi connectivity index (χ2v) is 3.41. The monoisotopic (exact) mass is 211 g/mol. The Morgan fingerprint density at radius 1 is 1.27 bits per heavy atom. The summed E-state index contributed by atoms with van der Waals surface area (Å²) in [4.78, 5) is 0. The maximum Gasteiger partial charge on any atom is 0.128 e. The largest absolute Gasteiger partial charge is 0.497 e. The molecule has 0 aliphatic heterocycles. The second kappa shape index (κ2) is 5.00. The van der Waals surface area contributed by atoms with Gasteiger partial charge in [0.1, 0.15) is 11.5 Å². The molecule has 4 nitrogen and oxygen atoms in total. The Morgan fingerprint density at radius 3 is 2.40 bits per heavy atom. The van der Waals surface area contributed by atoms with Crippen LogP contribution in [-0.2, 0) is 0 Å². The summed E-state index contributed by atoms with van der Waals surface area (Å²) < 4.78 is 10.2. The van der Waals surface area contributed by atoms with Crippen LogP contribution in [0.3, 0.4) is 0 Å². The molecule has 4 heteroatoms. The Balaban J connectivity index is 3.07. The van der Waals surface area contributed by atoms with Gasteiger partial charge in [-0.05, 0) is 19.1 Å². The highest BCUT2D eigenvalue weighted by Gasteiger charge is 2.17. The fourth-order valence-corrected chi connectivity index (χ4v) is 1.35. The van der Waals surface area contributed by atoms with E-state index in [-0.39, 0.29) is 6.04 Å². The van der Waals surface area contributed by atoms with Gasteiger partial charge < -0.3 is 20.3 Å². The van der Waals surface area contributed by atoms with Gasteiger partial charge >= 0.3 is 0 Å². The van der Waals surface area contributed by atoms with E-state index in [2.05, 4.69) is 0 Å². The van der Waals surface area contributed by atoms with Crippen LogP contribution in [-0.4, -0.2) is 25.4 Å². The first-order valence-corrected chi connectivity index (χ1v) is 4.75. The van der Waals surface area contributed by atoms with Crippen LogP contribution in [0.4, 0.5) is 0 Å². The number of rotatable bonds is 4. The van der Waals surface area contributed by atoms with Crippen molar-refractivity contribution in [2.45, 2.75) is 19.1 Å². The predicted octanol–water partition coefficient (Wildman–Crippen LogP) is 1.08. The first-order valence-electron chi connectivity index (χ1n) is 4.75. The minimum atomic E-state index is -0.731. The van der Waals surface area contributed by atoms with Gasteiger partial charge in [0.05, 0.1) is 20.3 Å². The molecule has 2 unspecified atom stereocenters. The summed E-state index contributed by atoms with van der Waals surface area (Å²) in [6.45, 7) is 1.74. The molecular formula is C11H17NO3. The fraction of sp³-hybridized carbons (Fsp3) is 0.455. The number of aliphatic hydroxyl groups excluding tert-OH is 1. The van der Waals surface area contributed by atoms with Crippen molar-refractivity contribution < 1.29 is 14.6 Å². The molecule has 0 bridgehead atoms. The van der Waals surface area contributed by atoms with E-state index < -0.39 is 6.10 Å². The summed E-state index contributed by atoms with van der Waals surface area (Å²) in [5, 5.41) is 9.83. The predicted molar refractivity (Wildman–Crippen MR) is 58.2 cm³/mol. The summed E-state index contributed by atoms with van der Waals surface area (Å²) in [5.74, 6) is 1.27. The van der Waals surface area contributed by atoms with Crippen LogP contribution in [0.2, 0.25) is 0 Å². The summed E-state index contributed by atoms with van der Waals surface area (Å²) in [6.07, 6.45) is -0.731. The molecule has 0 heterocycles. The normalized spacial score (nSPS) is 14.5.